The second-order valence-corrected chi connectivity index (χ2v) is 3.40. The lowest BCUT2D eigenvalue weighted by atomic mass is 9.95. The molecule has 0 spiro atoms. The highest BCUT2D eigenvalue weighted by Crippen LogP contribution is 2.11. The van der Waals surface area contributed by atoms with Gasteiger partial charge in [-0.1, -0.05) is 0 Å². The maximum atomic E-state index is 12.0. The van der Waals surface area contributed by atoms with Crippen LogP contribution in [-0.4, -0.2) is 29.1 Å². The summed E-state index contributed by atoms with van der Waals surface area (Å²) in [5.74, 6) is -3.26. The molecule has 0 bridgehead atoms. The molecular weight excluding hydrogens is 222 g/mol. The molecule has 0 aliphatic heterocycles. The summed E-state index contributed by atoms with van der Waals surface area (Å²) in [5.41, 5.74) is 0.272. The van der Waals surface area contributed by atoms with Gasteiger partial charge in [0, 0.05) is 18.0 Å². The van der Waals surface area contributed by atoms with Crippen molar-refractivity contribution in [1.29, 1.82) is 0 Å². The fourth-order valence-electron chi connectivity index (χ4n) is 1.37. The maximum Gasteiger partial charge on any atom is 0.324 e. The summed E-state index contributed by atoms with van der Waals surface area (Å²) in [4.78, 5) is 38.6. The van der Waals surface area contributed by atoms with Crippen molar-refractivity contribution in [3.63, 3.8) is 0 Å². The molecule has 0 aromatic carbocycles. The number of rotatable bonds is 5. The van der Waals surface area contributed by atoms with Crippen LogP contribution in [0.25, 0.3) is 0 Å². The van der Waals surface area contributed by atoms with E-state index in [1.54, 1.807) is 6.92 Å². The molecule has 1 unspecified atom stereocenters. The lowest BCUT2D eigenvalue weighted by Crippen LogP contribution is -2.32. The molecule has 1 aromatic heterocycles. The largest absolute Gasteiger partial charge is 0.465 e. The highest BCUT2D eigenvalue weighted by molar-refractivity contribution is 6.21. The van der Waals surface area contributed by atoms with Crippen molar-refractivity contribution in [3.8, 4) is 0 Å². The van der Waals surface area contributed by atoms with Crippen molar-refractivity contribution in [2.75, 3.05) is 6.61 Å². The first-order valence-electron chi connectivity index (χ1n) is 5.19. The summed E-state index contributed by atoms with van der Waals surface area (Å²) in [7, 11) is 0. The van der Waals surface area contributed by atoms with Crippen molar-refractivity contribution in [2.24, 2.45) is 5.92 Å². The van der Waals surface area contributed by atoms with Gasteiger partial charge in [-0.05, 0) is 26.0 Å². The minimum absolute atomic E-state index is 0.131. The molecule has 0 N–H and O–H groups in total. The van der Waals surface area contributed by atoms with Crippen LogP contribution >= 0.6 is 0 Å². The number of hydrogen-bond acceptors (Lipinski definition) is 5. The van der Waals surface area contributed by atoms with Crippen LogP contribution in [-0.2, 0) is 14.3 Å². The number of hydrogen-bond donors (Lipinski definition) is 0. The second-order valence-electron chi connectivity index (χ2n) is 3.40. The van der Waals surface area contributed by atoms with E-state index in [9.17, 15) is 14.4 Å². The zero-order chi connectivity index (χ0) is 12.8. The average molecular weight is 235 g/mol. The van der Waals surface area contributed by atoms with E-state index in [4.69, 9.17) is 4.74 Å². The van der Waals surface area contributed by atoms with Crippen LogP contribution in [0.2, 0.25) is 0 Å². The Labute approximate surface area is 98.8 Å². The van der Waals surface area contributed by atoms with Gasteiger partial charge in [-0.15, -0.1) is 0 Å². The Kier molecular flexibility index (Phi) is 4.51. The van der Waals surface area contributed by atoms with E-state index in [1.807, 2.05) is 0 Å². The molecule has 0 radical (unpaired) electrons. The van der Waals surface area contributed by atoms with Gasteiger partial charge in [-0.2, -0.15) is 0 Å². The molecule has 1 heterocycles. The zero-order valence-electron chi connectivity index (χ0n) is 9.67. The third-order valence-electron chi connectivity index (χ3n) is 2.16. The van der Waals surface area contributed by atoms with E-state index in [-0.39, 0.29) is 12.2 Å². The predicted octanol–water partition coefficient (Wildman–Crippen LogP) is 1.03. The first kappa shape index (κ1) is 13.0. The van der Waals surface area contributed by atoms with E-state index in [1.165, 1.54) is 31.5 Å². The van der Waals surface area contributed by atoms with Gasteiger partial charge in [0.25, 0.3) is 0 Å². The molecule has 90 valence electrons. The molecule has 1 rings (SSSR count). The number of ether oxygens (including phenoxy) is 1. The van der Waals surface area contributed by atoms with Crippen LogP contribution in [0.4, 0.5) is 0 Å². The first-order valence-corrected chi connectivity index (χ1v) is 5.19. The topological polar surface area (TPSA) is 73.3 Å². The number of carbonyl (C=O) groups is 3. The Morgan fingerprint density at radius 1 is 1.29 bits per heavy atom. The highest BCUT2D eigenvalue weighted by Gasteiger charge is 2.33. The lowest BCUT2D eigenvalue weighted by Gasteiger charge is -2.11. The molecule has 1 atom stereocenters. The number of esters is 1. The molecule has 1 aromatic rings. The second kappa shape index (κ2) is 5.89. The molecule has 0 aliphatic rings. The predicted molar refractivity (Wildman–Crippen MR) is 59.4 cm³/mol. The van der Waals surface area contributed by atoms with Crippen LogP contribution in [0, 0.1) is 5.92 Å². The standard InChI is InChI=1S/C12H13NO4/c1-3-17-12(16)10(8(2)14)11(15)9-4-6-13-7-5-9/h4-7,10H,3H2,1-2H3. The van der Waals surface area contributed by atoms with Gasteiger partial charge in [0.1, 0.15) is 0 Å². The first-order chi connectivity index (χ1) is 8.07. The minimum Gasteiger partial charge on any atom is -0.465 e. The number of aromatic nitrogens is 1. The Balaban J connectivity index is 2.97. The highest BCUT2D eigenvalue weighted by atomic mass is 16.5. The quantitative estimate of drug-likeness (QED) is 0.433. The molecular formula is C12H13NO4. The van der Waals surface area contributed by atoms with E-state index in [2.05, 4.69) is 4.98 Å². The van der Waals surface area contributed by atoms with Gasteiger partial charge in [0.05, 0.1) is 6.61 Å². The van der Waals surface area contributed by atoms with Crippen LogP contribution in [0.3, 0.4) is 0 Å². The summed E-state index contributed by atoms with van der Waals surface area (Å²) >= 11 is 0. The Morgan fingerprint density at radius 2 is 1.88 bits per heavy atom. The average Bonchev–Trinajstić information content (AvgIpc) is 2.30. The summed E-state index contributed by atoms with van der Waals surface area (Å²) < 4.78 is 4.71. The Morgan fingerprint density at radius 3 is 2.35 bits per heavy atom. The molecule has 17 heavy (non-hydrogen) atoms. The van der Waals surface area contributed by atoms with Gasteiger partial charge in [-0.25, -0.2) is 0 Å². The van der Waals surface area contributed by atoms with E-state index in [0.717, 1.165) is 0 Å². The van der Waals surface area contributed by atoms with Crippen molar-refractivity contribution in [2.45, 2.75) is 13.8 Å². The molecule has 0 saturated carbocycles. The molecule has 5 heteroatoms. The molecule has 0 saturated heterocycles. The van der Waals surface area contributed by atoms with E-state index < -0.39 is 23.5 Å². The Bertz CT molecular complexity index is 427. The van der Waals surface area contributed by atoms with Gasteiger partial charge >= 0.3 is 5.97 Å². The fourth-order valence-corrected chi connectivity index (χ4v) is 1.37. The monoisotopic (exact) mass is 235 g/mol. The summed E-state index contributed by atoms with van der Waals surface area (Å²) in [6.45, 7) is 2.94. The van der Waals surface area contributed by atoms with E-state index >= 15 is 0 Å². The molecule has 0 aliphatic carbocycles. The third kappa shape index (κ3) is 3.21. The minimum atomic E-state index is -1.38. The molecule has 0 fully saturated rings. The van der Waals surface area contributed by atoms with Gasteiger partial charge in [-0.3, -0.25) is 19.4 Å². The third-order valence-corrected chi connectivity index (χ3v) is 2.16. The SMILES string of the molecule is CCOC(=O)C(C(C)=O)C(=O)c1ccncc1. The fraction of sp³-hybridized carbons (Fsp3) is 0.333. The van der Waals surface area contributed by atoms with Crippen molar-refractivity contribution >= 4 is 17.5 Å². The normalized spacial score (nSPS) is 11.6. The number of ketones is 2. The molecule has 5 nitrogen and oxygen atoms in total. The summed E-state index contributed by atoms with van der Waals surface area (Å²) in [6.07, 6.45) is 2.85. The lowest BCUT2D eigenvalue weighted by molar-refractivity contribution is -0.148. The van der Waals surface area contributed by atoms with Crippen LogP contribution < -0.4 is 0 Å². The van der Waals surface area contributed by atoms with Gasteiger partial charge in [0.15, 0.2) is 17.5 Å². The Hall–Kier alpha value is -2.04. The molecule has 0 amide bonds. The van der Waals surface area contributed by atoms with Crippen molar-refractivity contribution in [1.82, 2.24) is 4.98 Å². The number of carbonyl (C=O) groups excluding carboxylic acids is 3. The van der Waals surface area contributed by atoms with Crippen molar-refractivity contribution < 1.29 is 19.1 Å². The van der Waals surface area contributed by atoms with Crippen LogP contribution in [0.5, 0.6) is 0 Å². The van der Waals surface area contributed by atoms with Gasteiger partial charge in [0.2, 0.25) is 0 Å². The van der Waals surface area contributed by atoms with Gasteiger partial charge < -0.3 is 4.74 Å². The van der Waals surface area contributed by atoms with Crippen LogP contribution in [0.1, 0.15) is 24.2 Å². The smallest absolute Gasteiger partial charge is 0.324 e. The number of pyridine rings is 1. The number of nitrogens with zero attached hydrogens (tertiary/aromatic N) is 1. The summed E-state index contributed by atoms with van der Waals surface area (Å²) in [5, 5.41) is 0. The van der Waals surface area contributed by atoms with Crippen LogP contribution in [0.15, 0.2) is 24.5 Å². The summed E-state index contributed by atoms with van der Waals surface area (Å²) in [6, 6.07) is 2.91. The maximum absolute atomic E-state index is 12.0. The number of Topliss-reactive ketones (excluding diaryl/α,β-unsaturated/α-hetero) is 2. The zero-order valence-corrected chi connectivity index (χ0v) is 9.67. The van der Waals surface area contributed by atoms with Crippen molar-refractivity contribution in [3.05, 3.63) is 30.1 Å². The van der Waals surface area contributed by atoms with E-state index in [0.29, 0.717) is 0 Å².